The number of carbonyl (C=O) groups excluding carboxylic acids is 1. The first-order valence-corrected chi connectivity index (χ1v) is 5.81. The smallest absolute Gasteiger partial charge is 0.239 e. The van der Waals surface area contributed by atoms with Gasteiger partial charge in [0, 0.05) is 20.1 Å². The molecule has 16 heavy (non-hydrogen) atoms. The van der Waals surface area contributed by atoms with Gasteiger partial charge < -0.3 is 16.0 Å². The van der Waals surface area contributed by atoms with Crippen molar-refractivity contribution in [2.45, 2.75) is 27.2 Å². The van der Waals surface area contributed by atoms with Crippen molar-refractivity contribution < 1.29 is 4.79 Å². The maximum atomic E-state index is 11.3. The van der Waals surface area contributed by atoms with Gasteiger partial charge in [0.1, 0.15) is 0 Å². The minimum absolute atomic E-state index is 0.00523. The number of aliphatic imine (C=N–C) groups is 1. The summed E-state index contributed by atoms with van der Waals surface area (Å²) in [5, 5.41) is 8.89. The van der Waals surface area contributed by atoms with Crippen molar-refractivity contribution in [2.24, 2.45) is 10.9 Å². The zero-order valence-electron chi connectivity index (χ0n) is 10.8. The van der Waals surface area contributed by atoms with Crippen molar-refractivity contribution in [1.82, 2.24) is 16.0 Å². The summed E-state index contributed by atoms with van der Waals surface area (Å²) >= 11 is 0. The van der Waals surface area contributed by atoms with Gasteiger partial charge in [-0.05, 0) is 12.3 Å². The summed E-state index contributed by atoms with van der Waals surface area (Å²) in [5.74, 6) is 1.21. The second kappa shape index (κ2) is 9.00. The van der Waals surface area contributed by atoms with Crippen molar-refractivity contribution in [3.05, 3.63) is 0 Å². The lowest BCUT2D eigenvalue weighted by molar-refractivity contribution is -0.120. The number of hydrogen-bond donors (Lipinski definition) is 3. The Kier molecular flexibility index (Phi) is 8.29. The molecule has 94 valence electrons. The van der Waals surface area contributed by atoms with E-state index in [1.54, 1.807) is 7.05 Å². The van der Waals surface area contributed by atoms with E-state index in [0.717, 1.165) is 19.5 Å². The first kappa shape index (κ1) is 14.7. The molecular weight excluding hydrogens is 204 g/mol. The van der Waals surface area contributed by atoms with Gasteiger partial charge in [-0.2, -0.15) is 0 Å². The molecule has 0 spiro atoms. The molecule has 5 nitrogen and oxygen atoms in total. The van der Waals surface area contributed by atoms with Gasteiger partial charge in [-0.25, -0.2) is 0 Å². The first-order chi connectivity index (χ1) is 7.60. The molecule has 0 aliphatic heterocycles. The lowest BCUT2D eigenvalue weighted by Crippen LogP contribution is -2.44. The van der Waals surface area contributed by atoms with Crippen LogP contribution in [0.1, 0.15) is 27.2 Å². The van der Waals surface area contributed by atoms with Crippen molar-refractivity contribution in [1.29, 1.82) is 0 Å². The fraction of sp³-hybridized carbons (Fsp3) is 0.818. The minimum Gasteiger partial charge on any atom is -0.356 e. The topological polar surface area (TPSA) is 65.5 Å². The number of carbonyl (C=O) groups is 1. The molecule has 3 N–H and O–H groups in total. The number of amides is 1. The number of rotatable bonds is 6. The predicted molar refractivity (Wildman–Crippen MR) is 67.5 cm³/mol. The molecule has 5 heteroatoms. The van der Waals surface area contributed by atoms with Crippen molar-refractivity contribution in [3.63, 3.8) is 0 Å². The number of hydrogen-bond acceptors (Lipinski definition) is 2. The average Bonchev–Trinajstić information content (AvgIpc) is 2.26. The fourth-order valence-electron chi connectivity index (χ4n) is 1.01. The van der Waals surface area contributed by atoms with Crippen LogP contribution in [-0.4, -0.2) is 38.5 Å². The van der Waals surface area contributed by atoms with Crippen LogP contribution < -0.4 is 16.0 Å². The summed E-state index contributed by atoms with van der Waals surface area (Å²) in [7, 11) is 1.69. The van der Waals surface area contributed by atoms with Crippen LogP contribution in [0.2, 0.25) is 0 Å². The van der Waals surface area contributed by atoms with Crippen molar-refractivity contribution >= 4 is 11.9 Å². The highest BCUT2D eigenvalue weighted by Crippen LogP contribution is 1.86. The molecule has 0 unspecified atom stereocenters. The molecule has 0 radical (unpaired) electrons. The fourth-order valence-corrected chi connectivity index (χ4v) is 1.01. The third-order valence-electron chi connectivity index (χ3n) is 1.89. The van der Waals surface area contributed by atoms with E-state index in [-0.39, 0.29) is 12.5 Å². The summed E-state index contributed by atoms with van der Waals surface area (Å²) in [5.41, 5.74) is 0. The van der Waals surface area contributed by atoms with Gasteiger partial charge in [-0.3, -0.25) is 9.79 Å². The molecule has 0 atom stereocenters. The van der Waals surface area contributed by atoms with E-state index in [4.69, 9.17) is 0 Å². The van der Waals surface area contributed by atoms with Crippen LogP contribution >= 0.6 is 0 Å². The minimum atomic E-state index is -0.00523. The Hall–Kier alpha value is -1.26. The van der Waals surface area contributed by atoms with Crippen LogP contribution in [0.25, 0.3) is 0 Å². The van der Waals surface area contributed by atoms with Gasteiger partial charge >= 0.3 is 0 Å². The summed E-state index contributed by atoms with van der Waals surface area (Å²) in [6.45, 7) is 8.09. The molecule has 0 saturated carbocycles. The van der Waals surface area contributed by atoms with E-state index >= 15 is 0 Å². The normalized spacial score (nSPS) is 11.4. The lowest BCUT2D eigenvalue weighted by atomic mass is 10.2. The molecule has 1 amide bonds. The van der Waals surface area contributed by atoms with E-state index in [1.807, 2.05) is 6.92 Å². The standard InChI is InChI=1S/C11H24N4O/c1-5-6-13-10(16)8-15-11(12-4)14-7-9(2)3/h9H,5-8H2,1-4H3,(H,13,16)(H2,12,14,15). The van der Waals surface area contributed by atoms with E-state index in [1.165, 1.54) is 0 Å². The highest BCUT2D eigenvalue weighted by molar-refractivity contribution is 5.86. The third kappa shape index (κ3) is 8.08. The molecular formula is C11H24N4O. The Labute approximate surface area is 98.1 Å². The monoisotopic (exact) mass is 228 g/mol. The van der Waals surface area contributed by atoms with Gasteiger partial charge in [-0.15, -0.1) is 0 Å². The first-order valence-electron chi connectivity index (χ1n) is 5.81. The van der Waals surface area contributed by atoms with Crippen LogP contribution in [0.3, 0.4) is 0 Å². The quantitative estimate of drug-likeness (QED) is 0.453. The number of nitrogens with zero attached hydrogens (tertiary/aromatic N) is 1. The summed E-state index contributed by atoms with van der Waals surface area (Å²) < 4.78 is 0. The highest BCUT2D eigenvalue weighted by atomic mass is 16.1. The Morgan fingerprint density at radius 3 is 2.44 bits per heavy atom. The van der Waals surface area contributed by atoms with Crippen LogP contribution in [0.15, 0.2) is 4.99 Å². The third-order valence-corrected chi connectivity index (χ3v) is 1.89. The highest BCUT2D eigenvalue weighted by Gasteiger charge is 2.02. The van der Waals surface area contributed by atoms with E-state index in [2.05, 4.69) is 34.8 Å². The molecule has 0 bridgehead atoms. The zero-order valence-corrected chi connectivity index (χ0v) is 10.8. The van der Waals surface area contributed by atoms with Crippen LogP contribution in [0.5, 0.6) is 0 Å². The van der Waals surface area contributed by atoms with Gasteiger partial charge in [0.2, 0.25) is 5.91 Å². The largest absolute Gasteiger partial charge is 0.356 e. The number of guanidine groups is 1. The molecule has 0 aromatic rings. The summed E-state index contributed by atoms with van der Waals surface area (Å²) in [6.07, 6.45) is 0.950. The van der Waals surface area contributed by atoms with E-state index in [0.29, 0.717) is 11.9 Å². The van der Waals surface area contributed by atoms with Gasteiger partial charge in [0.25, 0.3) is 0 Å². The Bertz CT molecular complexity index is 226. The van der Waals surface area contributed by atoms with E-state index in [9.17, 15) is 4.79 Å². The second-order valence-electron chi connectivity index (χ2n) is 4.05. The number of nitrogens with one attached hydrogen (secondary N) is 3. The average molecular weight is 228 g/mol. The van der Waals surface area contributed by atoms with Crippen molar-refractivity contribution in [2.75, 3.05) is 26.7 Å². The summed E-state index contributed by atoms with van der Waals surface area (Å²) in [6, 6.07) is 0. The molecule has 0 saturated heterocycles. The summed E-state index contributed by atoms with van der Waals surface area (Å²) in [4.78, 5) is 15.3. The molecule has 0 aromatic carbocycles. The maximum Gasteiger partial charge on any atom is 0.239 e. The van der Waals surface area contributed by atoms with Gasteiger partial charge in [0.15, 0.2) is 5.96 Å². The maximum absolute atomic E-state index is 11.3. The molecule has 0 aromatic heterocycles. The van der Waals surface area contributed by atoms with Crippen LogP contribution in [-0.2, 0) is 4.79 Å². The molecule has 0 rings (SSSR count). The Morgan fingerprint density at radius 2 is 1.94 bits per heavy atom. The van der Waals surface area contributed by atoms with E-state index < -0.39 is 0 Å². The molecule has 0 fully saturated rings. The van der Waals surface area contributed by atoms with Crippen LogP contribution in [0, 0.1) is 5.92 Å². The SMILES string of the molecule is CCCNC(=O)CNC(=NC)NCC(C)C. The Morgan fingerprint density at radius 1 is 1.25 bits per heavy atom. The van der Waals surface area contributed by atoms with Crippen molar-refractivity contribution in [3.8, 4) is 0 Å². The zero-order chi connectivity index (χ0) is 12.4. The van der Waals surface area contributed by atoms with Gasteiger partial charge in [0.05, 0.1) is 6.54 Å². The molecule has 0 aliphatic carbocycles. The van der Waals surface area contributed by atoms with Crippen LogP contribution in [0.4, 0.5) is 0 Å². The predicted octanol–water partition coefficient (Wildman–Crippen LogP) is 0.334. The second-order valence-corrected chi connectivity index (χ2v) is 4.05. The van der Waals surface area contributed by atoms with Gasteiger partial charge in [-0.1, -0.05) is 20.8 Å². The molecule has 0 heterocycles. The molecule has 0 aliphatic rings. The lowest BCUT2D eigenvalue weighted by Gasteiger charge is -2.13. The Balaban J connectivity index is 3.74.